The van der Waals surface area contributed by atoms with E-state index in [-0.39, 0.29) is 0 Å². The van der Waals surface area contributed by atoms with Gasteiger partial charge in [-0.3, -0.25) is 0 Å². The molecule has 3 aromatic rings. The average molecular weight is 350 g/mol. The van der Waals surface area contributed by atoms with Crippen molar-refractivity contribution in [2.75, 3.05) is 24.9 Å². The summed E-state index contributed by atoms with van der Waals surface area (Å²) in [6, 6.07) is 17.6. The van der Waals surface area contributed by atoms with Gasteiger partial charge in [-0.2, -0.15) is 4.98 Å². The first-order valence-corrected chi connectivity index (χ1v) is 8.30. The number of aryl methyl sites for hydroxylation is 1. The monoisotopic (exact) mass is 350 g/mol. The molecule has 2 aromatic carbocycles. The van der Waals surface area contributed by atoms with Crippen molar-refractivity contribution >= 4 is 17.5 Å². The lowest BCUT2D eigenvalue weighted by Crippen LogP contribution is -2.06. The molecule has 1 heterocycles. The van der Waals surface area contributed by atoms with Crippen LogP contribution in [0.4, 0.5) is 17.5 Å². The molecule has 2 N–H and O–H groups in total. The Kier molecular flexibility index (Phi) is 5.53. The van der Waals surface area contributed by atoms with Crippen LogP contribution < -0.4 is 20.1 Å². The maximum Gasteiger partial charge on any atom is 0.229 e. The molecule has 0 fully saturated rings. The molecule has 1 aromatic heterocycles. The van der Waals surface area contributed by atoms with Crippen LogP contribution in [0.3, 0.4) is 0 Å². The zero-order valence-corrected chi connectivity index (χ0v) is 15.1. The first-order valence-electron chi connectivity index (χ1n) is 8.30. The van der Waals surface area contributed by atoms with Crippen molar-refractivity contribution in [3.8, 4) is 11.5 Å². The van der Waals surface area contributed by atoms with Crippen LogP contribution in [0.25, 0.3) is 0 Å². The highest BCUT2D eigenvalue weighted by Crippen LogP contribution is 2.30. The minimum atomic E-state index is 0.493. The Balaban J connectivity index is 1.79. The van der Waals surface area contributed by atoms with Gasteiger partial charge in [0.25, 0.3) is 0 Å². The van der Waals surface area contributed by atoms with Crippen molar-refractivity contribution in [2.45, 2.75) is 13.5 Å². The van der Waals surface area contributed by atoms with Gasteiger partial charge in [-0.15, -0.1) is 0 Å². The maximum absolute atomic E-state index is 5.39. The molecule has 6 nitrogen and oxygen atoms in total. The second-order valence-electron chi connectivity index (χ2n) is 5.75. The molecule has 0 aliphatic heterocycles. The molecule has 0 aliphatic carbocycles. The van der Waals surface area contributed by atoms with Crippen LogP contribution in [-0.2, 0) is 6.54 Å². The number of nitrogens with zero attached hydrogens (tertiary/aromatic N) is 2. The Morgan fingerprint density at radius 3 is 2.46 bits per heavy atom. The predicted molar refractivity (Wildman–Crippen MR) is 103 cm³/mol. The Morgan fingerprint density at radius 2 is 1.73 bits per heavy atom. The van der Waals surface area contributed by atoms with Crippen LogP contribution in [0.2, 0.25) is 0 Å². The summed E-state index contributed by atoms with van der Waals surface area (Å²) in [7, 11) is 3.25. The van der Waals surface area contributed by atoms with Gasteiger partial charge < -0.3 is 20.1 Å². The van der Waals surface area contributed by atoms with Crippen molar-refractivity contribution in [3.63, 3.8) is 0 Å². The van der Waals surface area contributed by atoms with Crippen molar-refractivity contribution < 1.29 is 9.47 Å². The van der Waals surface area contributed by atoms with Crippen molar-refractivity contribution in [2.24, 2.45) is 0 Å². The highest BCUT2D eigenvalue weighted by atomic mass is 16.5. The molecule has 0 bridgehead atoms. The average Bonchev–Trinajstić information content (AvgIpc) is 2.66. The SMILES string of the molecule is COc1ccc(OC)c(Nc2nc(C)cc(NCc3ccccc3)n2)c1. The van der Waals surface area contributed by atoms with E-state index >= 15 is 0 Å². The standard InChI is InChI=1S/C20H22N4O2/c1-14-11-19(21-13-15-7-5-4-6-8-15)24-20(22-14)23-17-12-16(25-2)9-10-18(17)26-3/h4-12H,13H2,1-3H3,(H2,21,22,23,24). The van der Waals surface area contributed by atoms with Crippen LogP contribution in [-0.4, -0.2) is 24.2 Å². The molecule has 0 spiro atoms. The normalized spacial score (nSPS) is 10.3. The molecule has 0 aliphatic rings. The molecule has 0 radical (unpaired) electrons. The number of ether oxygens (including phenoxy) is 2. The molecule has 3 rings (SSSR count). The fourth-order valence-corrected chi connectivity index (χ4v) is 2.54. The lowest BCUT2D eigenvalue weighted by molar-refractivity contribution is 0.405. The van der Waals surface area contributed by atoms with Crippen LogP contribution in [0, 0.1) is 6.92 Å². The Morgan fingerprint density at radius 1 is 0.923 bits per heavy atom. The van der Waals surface area contributed by atoms with Gasteiger partial charge in [-0.1, -0.05) is 30.3 Å². The Hall–Kier alpha value is -3.28. The van der Waals surface area contributed by atoms with Gasteiger partial charge in [0.05, 0.1) is 19.9 Å². The number of aromatic nitrogens is 2. The number of rotatable bonds is 7. The molecular weight excluding hydrogens is 328 g/mol. The summed E-state index contributed by atoms with van der Waals surface area (Å²) in [5.74, 6) is 2.66. The smallest absolute Gasteiger partial charge is 0.229 e. The van der Waals surface area contributed by atoms with E-state index in [9.17, 15) is 0 Å². The van der Waals surface area contributed by atoms with E-state index < -0.39 is 0 Å². The van der Waals surface area contributed by atoms with E-state index in [0.717, 1.165) is 22.9 Å². The molecule has 0 saturated heterocycles. The van der Waals surface area contributed by atoms with E-state index in [4.69, 9.17) is 9.47 Å². The summed E-state index contributed by atoms with van der Waals surface area (Å²) in [6.45, 7) is 2.63. The van der Waals surface area contributed by atoms with E-state index in [1.54, 1.807) is 14.2 Å². The molecule has 0 unspecified atom stereocenters. The van der Waals surface area contributed by atoms with Gasteiger partial charge >= 0.3 is 0 Å². The zero-order chi connectivity index (χ0) is 18.4. The van der Waals surface area contributed by atoms with E-state index in [0.29, 0.717) is 18.2 Å². The molecule has 0 atom stereocenters. The van der Waals surface area contributed by atoms with E-state index in [1.807, 2.05) is 49.4 Å². The predicted octanol–water partition coefficient (Wildman–Crippen LogP) is 4.16. The number of nitrogens with one attached hydrogen (secondary N) is 2. The minimum Gasteiger partial charge on any atom is -0.497 e. The summed E-state index contributed by atoms with van der Waals surface area (Å²) < 4.78 is 10.7. The number of benzene rings is 2. The second kappa shape index (κ2) is 8.20. The minimum absolute atomic E-state index is 0.493. The zero-order valence-electron chi connectivity index (χ0n) is 15.1. The summed E-state index contributed by atoms with van der Waals surface area (Å²) >= 11 is 0. The maximum atomic E-state index is 5.39. The van der Waals surface area contributed by atoms with Gasteiger partial charge in [0.1, 0.15) is 17.3 Å². The van der Waals surface area contributed by atoms with Crippen molar-refractivity contribution in [1.29, 1.82) is 0 Å². The highest BCUT2D eigenvalue weighted by Gasteiger charge is 2.09. The van der Waals surface area contributed by atoms with Crippen molar-refractivity contribution in [1.82, 2.24) is 9.97 Å². The molecule has 26 heavy (non-hydrogen) atoms. The molecular formula is C20H22N4O2. The third-order valence-electron chi connectivity index (χ3n) is 3.82. The first-order chi connectivity index (χ1) is 12.7. The molecule has 0 amide bonds. The summed E-state index contributed by atoms with van der Waals surface area (Å²) in [4.78, 5) is 9.00. The van der Waals surface area contributed by atoms with Crippen LogP contribution in [0.5, 0.6) is 11.5 Å². The van der Waals surface area contributed by atoms with Gasteiger partial charge in [-0.25, -0.2) is 4.98 Å². The Labute approximate surface area is 153 Å². The van der Waals surface area contributed by atoms with Crippen LogP contribution >= 0.6 is 0 Å². The quantitative estimate of drug-likeness (QED) is 0.667. The Bertz CT molecular complexity index is 869. The number of methoxy groups -OCH3 is 2. The molecule has 0 saturated carbocycles. The molecule has 134 valence electrons. The summed E-state index contributed by atoms with van der Waals surface area (Å²) in [5, 5.41) is 6.54. The topological polar surface area (TPSA) is 68.3 Å². The van der Waals surface area contributed by atoms with Gasteiger partial charge in [-0.05, 0) is 24.6 Å². The second-order valence-corrected chi connectivity index (χ2v) is 5.75. The fourth-order valence-electron chi connectivity index (χ4n) is 2.54. The summed E-state index contributed by atoms with van der Waals surface area (Å²) in [5.41, 5.74) is 2.79. The molecule has 6 heteroatoms. The van der Waals surface area contributed by atoms with Gasteiger partial charge in [0.2, 0.25) is 5.95 Å². The van der Waals surface area contributed by atoms with E-state index in [1.165, 1.54) is 5.56 Å². The number of hydrogen-bond donors (Lipinski definition) is 2. The highest BCUT2D eigenvalue weighted by molar-refractivity contribution is 5.65. The van der Waals surface area contributed by atoms with Crippen molar-refractivity contribution in [3.05, 3.63) is 65.9 Å². The third-order valence-corrected chi connectivity index (χ3v) is 3.82. The lowest BCUT2D eigenvalue weighted by atomic mass is 10.2. The summed E-state index contributed by atoms with van der Waals surface area (Å²) in [6.07, 6.45) is 0. The first kappa shape index (κ1) is 17.5. The number of anilines is 3. The van der Waals surface area contributed by atoms with Gasteiger partial charge in [0, 0.05) is 24.4 Å². The lowest BCUT2D eigenvalue weighted by Gasteiger charge is -2.13. The van der Waals surface area contributed by atoms with E-state index in [2.05, 4.69) is 32.7 Å². The van der Waals surface area contributed by atoms with Crippen LogP contribution in [0.1, 0.15) is 11.3 Å². The number of hydrogen-bond acceptors (Lipinski definition) is 6. The van der Waals surface area contributed by atoms with Gasteiger partial charge in [0.15, 0.2) is 0 Å². The fraction of sp³-hybridized carbons (Fsp3) is 0.200. The largest absolute Gasteiger partial charge is 0.497 e. The third kappa shape index (κ3) is 4.42. The van der Waals surface area contributed by atoms with Crippen LogP contribution in [0.15, 0.2) is 54.6 Å².